The number of nitro groups is 1. The third-order valence-electron chi connectivity index (χ3n) is 4.05. The molecule has 1 N–H and O–H groups in total. The summed E-state index contributed by atoms with van der Waals surface area (Å²) < 4.78 is 25.4. The highest BCUT2D eigenvalue weighted by atomic mass is 35.5. The van der Waals surface area contributed by atoms with Crippen molar-refractivity contribution in [2.45, 2.75) is 19.8 Å². The van der Waals surface area contributed by atoms with E-state index in [-0.39, 0.29) is 41.7 Å². The van der Waals surface area contributed by atoms with E-state index in [1.165, 1.54) is 24.3 Å². The smallest absolute Gasteiger partial charge is 0.271 e. The lowest BCUT2D eigenvalue weighted by molar-refractivity contribution is -0.384. The van der Waals surface area contributed by atoms with Crippen molar-refractivity contribution in [1.29, 1.82) is 0 Å². The van der Waals surface area contributed by atoms with Crippen LogP contribution in [0.15, 0.2) is 36.4 Å². The summed E-state index contributed by atoms with van der Waals surface area (Å²) >= 11 is 12.0. The Morgan fingerprint density at radius 1 is 1.21 bits per heavy atom. The fraction of sp³-hybridized carbons (Fsp3) is 0.278. The SMILES string of the molecule is Cc1ccc([N+](=O)[O-])cc1NC(=O)CCCN(c1cc(Cl)ccc1Cl)S(C)(=O)=O. The van der Waals surface area contributed by atoms with Gasteiger partial charge in [0.25, 0.3) is 5.69 Å². The predicted octanol–water partition coefficient (Wildman–Crippen LogP) is 4.39. The zero-order valence-corrected chi connectivity index (χ0v) is 18.0. The molecule has 0 aliphatic carbocycles. The number of aryl methyl sites for hydroxylation is 1. The lowest BCUT2D eigenvalue weighted by Crippen LogP contribution is -2.31. The Labute approximate surface area is 178 Å². The van der Waals surface area contributed by atoms with Gasteiger partial charge in [0.15, 0.2) is 0 Å². The van der Waals surface area contributed by atoms with Gasteiger partial charge in [-0.3, -0.25) is 19.2 Å². The van der Waals surface area contributed by atoms with Crippen LogP contribution in [0.5, 0.6) is 0 Å². The van der Waals surface area contributed by atoms with E-state index in [9.17, 15) is 23.3 Å². The number of amides is 1. The summed E-state index contributed by atoms with van der Waals surface area (Å²) in [5.41, 5.74) is 1.11. The average molecular weight is 460 g/mol. The number of sulfonamides is 1. The van der Waals surface area contributed by atoms with E-state index in [0.29, 0.717) is 16.3 Å². The van der Waals surface area contributed by atoms with E-state index in [1.807, 2.05) is 0 Å². The Hall–Kier alpha value is -2.36. The molecule has 0 atom stereocenters. The van der Waals surface area contributed by atoms with E-state index in [2.05, 4.69) is 5.32 Å². The molecule has 0 aromatic heterocycles. The van der Waals surface area contributed by atoms with Crippen LogP contribution in [-0.4, -0.2) is 32.0 Å². The molecule has 2 aromatic carbocycles. The van der Waals surface area contributed by atoms with Gasteiger partial charge >= 0.3 is 0 Å². The van der Waals surface area contributed by atoms with Gasteiger partial charge in [0.2, 0.25) is 15.9 Å². The average Bonchev–Trinajstić information content (AvgIpc) is 2.61. The fourth-order valence-corrected chi connectivity index (χ4v) is 4.00. The quantitative estimate of drug-likeness (QED) is 0.464. The van der Waals surface area contributed by atoms with Crippen LogP contribution in [0.2, 0.25) is 10.0 Å². The van der Waals surface area contributed by atoms with Crippen molar-refractivity contribution in [3.05, 3.63) is 62.1 Å². The van der Waals surface area contributed by atoms with Crippen molar-refractivity contribution in [1.82, 2.24) is 0 Å². The lowest BCUT2D eigenvalue weighted by Gasteiger charge is -2.23. The molecule has 11 heteroatoms. The highest BCUT2D eigenvalue weighted by Crippen LogP contribution is 2.31. The van der Waals surface area contributed by atoms with E-state index in [1.54, 1.807) is 19.1 Å². The van der Waals surface area contributed by atoms with Gasteiger partial charge in [-0.2, -0.15) is 0 Å². The summed E-state index contributed by atoms with van der Waals surface area (Å²) in [4.78, 5) is 22.6. The number of hydrogen-bond acceptors (Lipinski definition) is 5. The minimum Gasteiger partial charge on any atom is -0.326 e. The molecular weight excluding hydrogens is 441 g/mol. The lowest BCUT2D eigenvalue weighted by atomic mass is 10.1. The van der Waals surface area contributed by atoms with Crippen LogP contribution in [0, 0.1) is 17.0 Å². The summed E-state index contributed by atoms with van der Waals surface area (Å²) in [5.74, 6) is -0.390. The van der Waals surface area contributed by atoms with Crippen LogP contribution in [-0.2, 0) is 14.8 Å². The number of rotatable bonds is 8. The molecule has 0 saturated heterocycles. The molecule has 156 valence electrons. The highest BCUT2D eigenvalue weighted by molar-refractivity contribution is 7.92. The maximum absolute atomic E-state index is 12.2. The second-order valence-electron chi connectivity index (χ2n) is 6.34. The predicted molar refractivity (Wildman–Crippen MR) is 114 cm³/mol. The number of halogens is 2. The number of nitrogens with zero attached hydrogens (tertiary/aromatic N) is 2. The Balaban J connectivity index is 2.07. The summed E-state index contributed by atoms with van der Waals surface area (Å²) in [6.45, 7) is 1.73. The van der Waals surface area contributed by atoms with Crippen LogP contribution < -0.4 is 9.62 Å². The standard InChI is InChI=1S/C18H19Cl2N3O5S/c1-12-5-7-14(23(25)26)11-16(12)21-18(24)4-3-9-22(29(2,27)28)17-10-13(19)6-8-15(17)20/h5-8,10-11H,3-4,9H2,1-2H3,(H,21,24). The molecule has 2 aromatic rings. The summed E-state index contributed by atoms with van der Waals surface area (Å²) in [6, 6.07) is 8.65. The molecule has 2 rings (SSSR count). The first-order valence-corrected chi connectivity index (χ1v) is 11.1. The fourth-order valence-electron chi connectivity index (χ4n) is 2.60. The number of non-ortho nitro benzene ring substituents is 1. The second-order valence-corrected chi connectivity index (χ2v) is 9.09. The number of carbonyl (C=O) groups is 1. The molecule has 29 heavy (non-hydrogen) atoms. The number of benzene rings is 2. The van der Waals surface area contributed by atoms with Gasteiger partial charge in [0.05, 0.1) is 27.6 Å². The molecule has 0 fully saturated rings. The highest BCUT2D eigenvalue weighted by Gasteiger charge is 2.21. The van der Waals surface area contributed by atoms with Gasteiger partial charge in [-0.1, -0.05) is 29.3 Å². The monoisotopic (exact) mass is 459 g/mol. The number of nitro benzene ring substituents is 1. The number of nitrogens with one attached hydrogen (secondary N) is 1. The van der Waals surface area contributed by atoms with E-state index in [4.69, 9.17) is 23.2 Å². The van der Waals surface area contributed by atoms with E-state index >= 15 is 0 Å². The van der Waals surface area contributed by atoms with Crippen LogP contribution in [0.4, 0.5) is 17.1 Å². The number of hydrogen-bond donors (Lipinski definition) is 1. The number of anilines is 2. The van der Waals surface area contributed by atoms with Gasteiger partial charge < -0.3 is 5.32 Å². The molecular formula is C18H19Cl2N3O5S. The zero-order chi connectivity index (χ0) is 21.8. The topological polar surface area (TPSA) is 110 Å². The van der Waals surface area contributed by atoms with E-state index in [0.717, 1.165) is 10.6 Å². The molecule has 0 heterocycles. The normalized spacial score (nSPS) is 11.2. The third kappa shape index (κ3) is 6.31. The third-order valence-corrected chi connectivity index (χ3v) is 5.78. The maximum atomic E-state index is 12.2. The summed E-state index contributed by atoms with van der Waals surface area (Å²) in [6.07, 6.45) is 1.25. The first-order valence-electron chi connectivity index (χ1n) is 8.46. The van der Waals surface area contributed by atoms with Crippen LogP contribution >= 0.6 is 23.2 Å². The van der Waals surface area contributed by atoms with Gasteiger partial charge in [0, 0.05) is 30.1 Å². The molecule has 1 amide bonds. The summed E-state index contributed by atoms with van der Waals surface area (Å²) in [5, 5.41) is 14.1. The number of carbonyl (C=O) groups excluding carboxylic acids is 1. The van der Waals surface area contributed by atoms with Crippen molar-refractivity contribution in [3.8, 4) is 0 Å². The molecule has 0 saturated carbocycles. The van der Waals surface area contributed by atoms with Crippen LogP contribution in [0.3, 0.4) is 0 Å². The van der Waals surface area contributed by atoms with Gasteiger partial charge in [-0.15, -0.1) is 0 Å². The minimum atomic E-state index is -3.65. The van der Waals surface area contributed by atoms with Crippen molar-refractivity contribution >= 4 is 56.2 Å². The zero-order valence-electron chi connectivity index (χ0n) is 15.7. The van der Waals surface area contributed by atoms with Crippen molar-refractivity contribution in [2.24, 2.45) is 0 Å². The van der Waals surface area contributed by atoms with E-state index < -0.39 is 14.9 Å². The maximum Gasteiger partial charge on any atom is 0.271 e. The molecule has 0 radical (unpaired) electrons. The van der Waals surface area contributed by atoms with Crippen molar-refractivity contribution < 1.29 is 18.1 Å². The van der Waals surface area contributed by atoms with Crippen molar-refractivity contribution in [3.63, 3.8) is 0 Å². The van der Waals surface area contributed by atoms with Crippen LogP contribution in [0.1, 0.15) is 18.4 Å². The minimum absolute atomic E-state index is 0.00629. The second kappa shape index (κ2) is 9.43. The largest absolute Gasteiger partial charge is 0.326 e. The molecule has 8 nitrogen and oxygen atoms in total. The van der Waals surface area contributed by atoms with Gasteiger partial charge in [-0.25, -0.2) is 8.42 Å². The first-order chi connectivity index (χ1) is 13.5. The summed E-state index contributed by atoms with van der Waals surface area (Å²) in [7, 11) is -3.65. The van der Waals surface area contributed by atoms with Crippen LogP contribution in [0.25, 0.3) is 0 Å². The Bertz CT molecular complexity index is 1040. The first kappa shape index (κ1) is 22.9. The van der Waals surface area contributed by atoms with Crippen molar-refractivity contribution in [2.75, 3.05) is 22.4 Å². The Morgan fingerprint density at radius 3 is 2.52 bits per heavy atom. The Kier molecular flexibility index (Phi) is 7.45. The molecule has 0 spiro atoms. The molecule has 0 aliphatic heterocycles. The molecule has 0 bridgehead atoms. The van der Waals surface area contributed by atoms with Gasteiger partial charge in [-0.05, 0) is 37.1 Å². The molecule has 0 aliphatic rings. The van der Waals surface area contributed by atoms with Gasteiger partial charge in [0.1, 0.15) is 0 Å². The Morgan fingerprint density at radius 2 is 1.90 bits per heavy atom. The molecule has 0 unspecified atom stereocenters.